The summed E-state index contributed by atoms with van der Waals surface area (Å²) in [6.07, 6.45) is 2.05. The Hall–Kier alpha value is -0.570. The Kier molecular flexibility index (Phi) is 2.49. The number of carbonyl (C=O) groups excluding carboxylic acids is 1. The first-order chi connectivity index (χ1) is 5.11. The number of nitrogens with zero attached hydrogens (tertiary/aromatic N) is 1. The molecule has 0 aliphatic carbocycles. The molecule has 0 radical (unpaired) electrons. The number of likely N-dealkylation sites (tertiary alicyclic amines) is 1. The minimum atomic E-state index is -0.149. The van der Waals surface area contributed by atoms with Crippen LogP contribution in [0.1, 0.15) is 19.8 Å². The van der Waals surface area contributed by atoms with Gasteiger partial charge in [0.2, 0.25) is 5.91 Å². The molecule has 3 heteroatoms. The third kappa shape index (κ3) is 1.93. The molecule has 0 aromatic heterocycles. The summed E-state index contributed by atoms with van der Waals surface area (Å²) in [7, 11) is 2.04. The van der Waals surface area contributed by atoms with Crippen molar-refractivity contribution in [3.8, 4) is 0 Å². The Morgan fingerprint density at radius 2 is 2.18 bits per heavy atom. The molecule has 0 unspecified atom stereocenters. The van der Waals surface area contributed by atoms with Crippen LogP contribution in [-0.2, 0) is 4.79 Å². The van der Waals surface area contributed by atoms with Gasteiger partial charge in [0.05, 0.1) is 5.92 Å². The van der Waals surface area contributed by atoms with Crippen LogP contribution in [0.15, 0.2) is 0 Å². The maximum absolute atomic E-state index is 10.8. The molecule has 1 heterocycles. The first-order valence-corrected chi connectivity index (χ1v) is 4.11. The molecule has 1 aliphatic heterocycles. The summed E-state index contributed by atoms with van der Waals surface area (Å²) in [4.78, 5) is 13.0. The Bertz CT molecular complexity index is 158. The van der Waals surface area contributed by atoms with Gasteiger partial charge in [0, 0.05) is 12.6 Å². The van der Waals surface area contributed by atoms with Gasteiger partial charge in [0.25, 0.3) is 0 Å². The molecule has 0 aromatic rings. The van der Waals surface area contributed by atoms with E-state index in [-0.39, 0.29) is 11.8 Å². The number of nitrogens with two attached hydrogens (primary N) is 1. The van der Waals surface area contributed by atoms with Crippen molar-refractivity contribution in [1.82, 2.24) is 4.90 Å². The van der Waals surface area contributed by atoms with Gasteiger partial charge < -0.3 is 10.6 Å². The third-order valence-corrected chi connectivity index (χ3v) is 2.60. The quantitative estimate of drug-likeness (QED) is 0.589. The van der Waals surface area contributed by atoms with E-state index in [1.165, 1.54) is 0 Å². The second-order valence-corrected chi connectivity index (χ2v) is 3.47. The van der Waals surface area contributed by atoms with E-state index in [1.807, 2.05) is 7.05 Å². The van der Waals surface area contributed by atoms with E-state index in [2.05, 4.69) is 11.8 Å². The van der Waals surface area contributed by atoms with Crippen molar-refractivity contribution in [2.24, 2.45) is 11.7 Å². The van der Waals surface area contributed by atoms with Crippen LogP contribution >= 0.6 is 0 Å². The van der Waals surface area contributed by atoms with Crippen molar-refractivity contribution in [2.75, 3.05) is 13.6 Å². The molecular formula is C8H16N2O. The maximum atomic E-state index is 10.8. The zero-order valence-corrected chi connectivity index (χ0v) is 7.21. The standard InChI is InChI=1S/C8H16N2O/c1-6-3-4-7(8(9)11)5-10(6)2/h6-7H,3-5H2,1-2H3,(H2,9,11)/t6-,7+/m0/s1. The summed E-state index contributed by atoms with van der Waals surface area (Å²) in [5.41, 5.74) is 5.21. The highest BCUT2D eigenvalue weighted by Crippen LogP contribution is 2.19. The summed E-state index contributed by atoms with van der Waals surface area (Å²) >= 11 is 0. The van der Waals surface area contributed by atoms with Crippen molar-refractivity contribution in [1.29, 1.82) is 0 Å². The highest BCUT2D eigenvalue weighted by atomic mass is 16.1. The molecular weight excluding hydrogens is 140 g/mol. The van der Waals surface area contributed by atoms with Crippen LogP contribution in [0.25, 0.3) is 0 Å². The minimum absolute atomic E-state index is 0.0798. The smallest absolute Gasteiger partial charge is 0.221 e. The fraction of sp³-hybridized carbons (Fsp3) is 0.875. The molecule has 2 atom stereocenters. The van der Waals surface area contributed by atoms with Gasteiger partial charge in [0.15, 0.2) is 0 Å². The normalized spacial score (nSPS) is 33.6. The van der Waals surface area contributed by atoms with Gasteiger partial charge in [0.1, 0.15) is 0 Å². The number of hydrogen-bond donors (Lipinski definition) is 1. The van der Waals surface area contributed by atoms with Gasteiger partial charge in [-0.3, -0.25) is 4.79 Å². The van der Waals surface area contributed by atoms with E-state index in [0.717, 1.165) is 19.4 Å². The van der Waals surface area contributed by atoms with Gasteiger partial charge >= 0.3 is 0 Å². The number of primary amides is 1. The predicted octanol–water partition coefficient (Wildman–Crippen LogP) is 0.202. The average Bonchev–Trinajstić information content (AvgIpc) is 1.94. The number of hydrogen-bond acceptors (Lipinski definition) is 2. The predicted molar refractivity (Wildman–Crippen MR) is 44.0 cm³/mol. The average molecular weight is 156 g/mol. The lowest BCUT2D eigenvalue weighted by atomic mass is 9.94. The molecule has 11 heavy (non-hydrogen) atoms. The number of amides is 1. The summed E-state index contributed by atoms with van der Waals surface area (Å²) < 4.78 is 0. The summed E-state index contributed by atoms with van der Waals surface area (Å²) in [6, 6.07) is 0.602. The van der Waals surface area contributed by atoms with Gasteiger partial charge in [-0.05, 0) is 26.8 Å². The topological polar surface area (TPSA) is 46.3 Å². The van der Waals surface area contributed by atoms with E-state index >= 15 is 0 Å². The summed E-state index contributed by atoms with van der Waals surface area (Å²) in [5, 5.41) is 0. The van der Waals surface area contributed by atoms with Crippen LogP contribution in [-0.4, -0.2) is 30.4 Å². The fourth-order valence-corrected chi connectivity index (χ4v) is 1.51. The van der Waals surface area contributed by atoms with Crippen LogP contribution < -0.4 is 5.73 Å². The second-order valence-electron chi connectivity index (χ2n) is 3.47. The lowest BCUT2D eigenvalue weighted by molar-refractivity contribution is -0.123. The fourth-order valence-electron chi connectivity index (χ4n) is 1.51. The third-order valence-electron chi connectivity index (χ3n) is 2.60. The van der Waals surface area contributed by atoms with E-state index in [9.17, 15) is 4.79 Å². The Morgan fingerprint density at radius 1 is 1.55 bits per heavy atom. The SMILES string of the molecule is C[C@H]1CC[C@@H](C(N)=O)CN1C. The van der Waals surface area contributed by atoms with Gasteiger partial charge in [-0.15, -0.1) is 0 Å². The molecule has 1 saturated heterocycles. The summed E-state index contributed by atoms with van der Waals surface area (Å²) in [5.74, 6) is -0.0695. The van der Waals surface area contributed by atoms with Gasteiger partial charge in [-0.2, -0.15) is 0 Å². The molecule has 3 nitrogen and oxygen atoms in total. The first kappa shape index (κ1) is 8.53. The highest BCUT2D eigenvalue weighted by Gasteiger charge is 2.25. The van der Waals surface area contributed by atoms with E-state index in [4.69, 9.17) is 5.73 Å². The van der Waals surface area contributed by atoms with Crippen molar-refractivity contribution >= 4 is 5.91 Å². The molecule has 0 saturated carbocycles. The lowest BCUT2D eigenvalue weighted by Gasteiger charge is -2.33. The van der Waals surface area contributed by atoms with E-state index in [0.29, 0.717) is 6.04 Å². The summed E-state index contributed by atoms with van der Waals surface area (Å²) in [6.45, 7) is 3.01. The molecule has 0 spiro atoms. The van der Waals surface area contributed by atoms with Crippen LogP contribution in [0.2, 0.25) is 0 Å². The Morgan fingerprint density at radius 3 is 2.64 bits per heavy atom. The van der Waals surface area contributed by atoms with Crippen molar-refractivity contribution < 1.29 is 4.79 Å². The molecule has 0 bridgehead atoms. The molecule has 2 N–H and O–H groups in total. The molecule has 1 rings (SSSR count). The maximum Gasteiger partial charge on any atom is 0.221 e. The van der Waals surface area contributed by atoms with Crippen LogP contribution in [0.4, 0.5) is 0 Å². The molecule has 64 valence electrons. The Balaban J connectivity index is 2.46. The molecule has 1 amide bonds. The number of piperidine rings is 1. The number of carbonyl (C=O) groups is 1. The highest BCUT2D eigenvalue weighted by molar-refractivity contribution is 5.76. The lowest BCUT2D eigenvalue weighted by Crippen LogP contribution is -2.43. The number of rotatable bonds is 1. The largest absolute Gasteiger partial charge is 0.369 e. The minimum Gasteiger partial charge on any atom is -0.369 e. The van der Waals surface area contributed by atoms with Crippen molar-refractivity contribution in [2.45, 2.75) is 25.8 Å². The zero-order valence-electron chi connectivity index (χ0n) is 7.21. The van der Waals surface area contributed by atoms with Crippen molar-refractivity contribution in [3.05, 3.63) is 0 Å². The first-order valence-electron chi connectivity index (χ1n) is 4.11. The monoisotopic (exact) mass is 156 g/mol. The van der Waals surface area contributed by atoms with Crippen LogP contribution in [0, 0.1) is 5.92 Å². The Labute approximate surface area is 67.5 Å². The van der Waals surface area contributed by atoms with Crippen LogP contribution in [0.3, 0.4) is 0 Å². The van der Waals surface area contributed by atoms with Gasteiger partial charge in [-0.25, -0.2) is 0 Å². The molecule has 1 aliphatic rings. The van der Waals surface area contributed by atoms with Crippen molar-refractivity contribution in [3.63, 3.8) is 0 Å². The zero-order chi connectivity index (χ0) is 8.43. The molecule has 0 aromatic carbocycles. The van der Waals surface area contributed by atoms with Gasteiger partial charge in [-0.1, -0.05) is 0 Å². The molecule has 1 fully saturated rings. The second kappa shape index (κ2) is 3.22. The van der Waals surface area contributed by atoms with Crippen LogP contribution in [0.5, 0.6) is 0 Å². The van der Waals surface area contributed by atoms with E-state index < -0.39 is 0 Å². The van der Waals surface area contributed by atoms with E-state index in [1.54, 1.807) is 0 Å².